The molecule has 0 radical (unpaired) electrons. The van der Waals surface area contributed by atoms with E-state index in [4.69, 9.17) is 0 Å². The minimum Gasteiger partial charge on any atom is -0.345 e. The highest BCUT2D eigenvalue weighted by Crippen LogP contribution is 2.26. The maximum Gasteiger partial charge on any atom is 0.329 e. The van der Waals surface area contributed by atoms with Crippen LogP contribution in [-0.4, -0.2) is 24.1 Å². The predicted molar refractivity (Wildman–Crippen MR) is 86.7 cm³/mol. The molecular weight excluding hydrogens is 298 g/mol. The van der Waals surface area contributed by atoms with Gasteiger partial charge in [-0.25, -0.2) is 5.43 Å². The van der Waals surface area contributed by atoms with Crippen molar-refractivity contribution in [2.45, 2.75) is 18.9 Å². The van der Waals surface area contributed by atoms with Crippen LogP contribution in [0, 0.1) is 0 Å². The number of nitrogens with zero attached hydrogens (tertiary/aromatic N) is 1. The Hall–Kier alpha value is -2.47. The van der Waals surface area contributed by atoms with Gasteiger partial charge in [0.1, 0.15) is 0 Å². The van der Waals surface area contributed by atoms with E-state index < -0.39 is 11.8 Å². The summed E-state index contributed by atoms with van der Waals surface area (Å²) in [6, 6.07) is 14.1. The molecule has 0 atom stereocenters. The van der Waals surface area contributed by atoms with Gasteiger partial charge in [-0.2, -0.15) is 5.10 Å². The lowest BCUT2D eigenvalue weighted by Crippen LogP contribution is -2.38. The number of benzene rings is 1. The average Bonchev–Trinajstić information content (AvgIpc) is 3.23. The third-order valence-electron chi connectivity index (χ3n) is 3.16. The summed E-state index contributed by atoms with van der Waals surface area (Å²) in [6.07, 6.45) is 3.43. The number of rotatable bonds is 4. The summed E-state index contributed by atoms with van der Waals surface area (Å²) in [5.41, 5.74) is 3.38. The van der Waals surface area contributed by atoms with E-state index in [9.17, 15) is 9.59 Å². The lowest BCUT2D eigenvalue weighted by Gasteiger charge is -2.00. The van der Waals surface area contributed by atoms with Gasteiger partial charge in [0.2, 0.25) is 0 Å². The number of hydrazone groups is 1. The number of carbonyl (C=O) groups excluding carboxylic acids is 2. The minimum atomic E-state index is -0.733. The molecule has 1 aromatic heterocycles. The predicted octanol–water partition coefficient (Wildman–Crippen LogP) is 2.14. The molecule has 0 bridgehead atoms. The molecule has 1 fully saturated rings. The Bertz CT molecular complexity index is 705. The maximum absolute atomic E-state index is 11.5. The fourth-order valence-electron chi connectivity index (χ4n) is 1.86. The molecule has 3 rings (SSSR count). The van der Waals surface area contributed by atoms with Gasteiger partial charge in [-0.05, 0) is 30.5 Å². The van der Waals surface area contributed by atoms with Crippen molar-refractivity contribution >= 4 is 29.4 Å². The Labute approximate surface area is 132 Å². The maximum atomic E-state index is 11.5. The van der Waals surface area contributed by atoms with E-state index in [2.05, 4.69) is 15.8 Å². The molecule has 2 aromatic rings. The number of hydrogen-bond donors (Lipinski definition) is 2. The highest BCUT2D eigenvalue weighted by Gasteiger charge is 2.26. The first-order valence-electron chi connectivity index (χ1n) is 7.01. The van der Waals surface area contributed by atoms with Gasteiger partial charge < -0.3 is 5.32 Å². The van der Waals surface area contributed by atoms with Crippen LogP contribution in [0.2, 0.25) is 0 Å². The number of thiophene rings is 1. The van der Waals surface area contributed by atoms with E-state index in [0.717, 1.165) is 28.2 Å². The van der Waals surface area contributed by atoms with Crippen LogP contribution in [0.15, 0.2) is 47.6 Å². The summed E-state index contributed by atoms with van der Waals surface area (Å²) in [5, 5.41) is 6.43. The third-order valence-corrected chi connectivity index (χ3v) is 4.23. The van der Waals surface area contributed by atoms with Crippen LogP contribution in [0.1, 0.15) is 17.7 Å². The average molecular weight is 313 g/mol. The van der Waals surface area contributed by atoms with Gasteiger partial charge in [0, 0.05) is 15.8 Å². The highest BCUT2D eigenvalue weighted by atomic mass is 32.1. The molecule has 1 saturated carbocycles. The van der Waals surface area contributed by atoms with Crippen LogP contribution in [0.25, 0.3) is 10.4 Å². The van der Waals surface area contributed by atoms with E-state index in [-0.39, 0.29) is 6.04 Å². The molecule has 2 N–H and O–H groups in total. The molecule has 1 heterocycles. The lowest BCUT2D eigenvalue weighted by atomic mass is 10.2. The number of carbonyl (C=O) groups is 2. The summed E-state index contributed by atoms with van der Waals surface area (Å²) in [6.45, 7) is 0. The first-order chi connectivity index (χ1) is 10.7. The summed E-state index contributed by atoms with van der Waals surface area (Å²) >= 11 is 1.57. The molecule has 0 aliphatic heterocycles. The smallest absolute Gasteiger partial charge is 0.329 e. The summed E-state index contributed by atoms with van der Waals surface area (Å²) in [5.74, 6) is -1.36. The number of nitrogens with one attached hydrogen (secondary N) is 2. The van der Waals surface area contributed by atoms with Crippen LogP contribution in [0.4, 0.5) is 0 Å². The Morgan fingerprint density at radius 3 is 2.59 bits per heavy atom. The van der Waals surface area contributed by atoms with Crippen molar-refractivity contribution < 1.29 is 9.59 Å². The van der Waals surface area contributed by atoms with E-state index in [1.807, 2.05) is 42.5 Å². The van der Waals surface area contributed by atoms with Gasteiger partial charge >= 0.3 is 11.8 Å². The fraction of sp³-hybridized carbons (Fsp3) is 0.188. The fourth-order valence-corrected chi connectivity index (χ4v) is 2.75. The summed E-state index contributed by atoms with van der Waals surface area (Å²) in [4.78, 5) is 24.9. The highest BCUT2D eigenvalue weighted by molar-refractivity contribution is 7.17. The van der Waals surface area contributed by atoms with Gasteiger partial charge in [-0.15, -0.1) is 11.3 Å². The topological polar surface area (TPSA) is 70.6 Å². The Morgan fingerprint density at radius 2 is 1.86 bits per heavy atom. The number of hydrogen-bond acceptors (Lipinski definition) is 4. The van der Waals surface area contributed by atoms with Gasteiger partial charge in [0.05, 0.1) is 6.21 Å². The normalized spacial score (nSPS) is 14.0. The zero-order chi connectivity index (χ0) is 15.4. The first-order valence-corrected chi connectivity index (χ1v) is 7.83. The molecule has 1 aromatic carbocycles. The second kappa shape index (κ2) is 6.53. The lowest BCUT2D eigenvalue weighted by molar-refractivity contribution is -0.139. The molecule has 2 amide bonds. The Balaban J connectivity index is 1.55. The molecule has 6 heteroatoms. The van der Waals surface area contributed by atoms with Crippen molar-refractivity contribution in [2.24, 2.45) is 5.10 Å². The molecule has 1 aliphatic rings. The first kappa shape index (κ1) is 14.5. The van der Waals surface area contributed by atoms with Crippen molar-refractivity contribution in [3.63, 3.8) is 0 Å². The summed E-state index contributed by atoms with van der Waals surface area (Å²) in [7, 11) is 0. The largest absolute Gasteiger partial charge is 0.345 e. The van der Waals surface area contributed by atoms with Crippen LogP contribution < -0.4 is 10.7 Å². The number of amides is 2. The van der Waals surface area contributed by atoms with Crippen LogP contribution in [-0.2, 0) is 9.59 Å². The molecule has 5 nitrogen and oxygen atoms in total. The van der Waals surface area contributed by atoms with Crippen LogP contribution >= 0.6 is 11.3 Å². The zero-order valence-corrected chi connectivity index (χ0v) is 12.6. The second-order valence-corrected chi connectivity index (χ2v) is 6.13. The monoisotopic (exact) mass is 313 g/mol. The van der Waals surface area contributed by atoms with Gasteiger partial charge in [0.15, 0.2) is 0 Å². The Kier molecular flexibility index (Phi) is 4.29. The molecular formula is C16H15N3O2S. The van der Waals surface area contributed by atoms with Crippen LogP contribution in [0.3, 0.4) is 0 Å². The van der Waals surface area contributed by atoms with Crippen molar-refractivity contribution in [3.05, 3.63) is 47.3 Å². The van der Waals surface area contributed by atoms with Gasteiger partial charge in [0.25, 0.3) is 0 Å². The molecule has 0 unspecified atom stereocenters. The SMILES string of the molecule is O=C(N/N=C\c1ccc(-c2ccccc2)s1)C(=O)NC1CC1. The van der Waals surface area contributed by atoms with E-state index in [1.54, 1.807) is 17.6 Å². The zero-order valence-electron chi connectivity index (χ0n) is 11.8. The van der Waals surface area contributed by atoms with Crippen LogP contribution in [0.5, 0.6) is 0 Å². The van der Waals surface area contributed by atoms with Crippen molar-refractivity contribution in [1.82, 2.24) is 10.7 Å². The van der Waals surface area contributed by atoms with E-state index >= 15 is 0 Å². The van der Waals surface area contributed by atoms with Gasteiger partial charge in [-0.1, -0.05) is 30.3 Å². The molecule has 0 spiro atoms. The Morgan fingerprint density at radius 1 is 1.09 bits per heavy atom. The van der Waals surface area contributed by atoms with E-state index in [0.29, 0.717) is 0 Å². The summed E-state index contributed by atoms with van der Waals surface area (Å²) < 4.78 is 0. The quantitative estimate of drug-likeness (QED) is 0.516. The molecule has 112 valence electrons. The molecule has 0 saturated heterocycles. The minimum absolute atomic E-state index is 0.160. The standard InChI is InChI=1S/C16H15N3O2S/c20-15(18-12-6-7-12)16(21)19-17-10-13-8-9-14(22-13)11-4-2-1-3-5-11/h1-5,8-10,12H,6-7H2,(H,18,20)(H,19,21)/b17-10-. The van der Waals surface area contributed by atoms with E-state index in [1.165, 1.54) is 0 Å². The second-order valence-electron chi connectivity index (χ2n) is 5.01. The van der Waals surface area contributed by atoms with Crippen molar-refractivity contribution in [2.75, 3.05) is 0 Å². The van der Waals surface area contributed by atoms with Gasteiger partial charge in [-0.3, -0.25) is 9.59 Å². The molecule has 22 heavy (non-hydrogen) atoms. The third kappa shape index (κ3) is 3.79. The van der Waals surface area contributed by atoms with Crippen molar-refractivity contribution in [3.8, 4) is 10.4 Å². The van der Waals surface area contributed by atoms with Crippen molar-refractivity contribution in [1.29, 1.82) is 0 Å². The molecule has 1 aliphatic carbocycles.